The molecule has 2 heterocycles. The minimum atomic E-state index is 0.202. The summed E-state index contributed by atoms with van der Waals surface area (Å²) >= 11 is 0. The number of anilines is 1. The van der Waals surface area contributed by atoms with Gasteiger partial charge in [-0.25, -0.2) is 0 Å². The van der Waals surface area contributed by atoms with Gasteiger partial charge < -0.3 is 19.9 Å². The Balaban J connectivity index is 1.38. The Labute approximate surface area is 158 Å². The first-order chi connectivity index (χ1) is 13.3. The molecule has 0 amide bonds. The lowest BCUT2D eigenvalue weighted by molar-refractivity contribution is 0.0680. The first kappa shape index (κ1) is 17.4. The lowest BCUT2D eigenvalue weighted by Crippen LogP contribution is -2.16. The van der Waals surface area contributed by atoms with Crippen molar-refractivity contribution >= 4 is 5.69 Å². The van der Waals surface area contributed by atoms with Crippen molar-refractivity contribution < 1.29 is 14.2 Å². The molecule has 0 radical (unpaired) electrons. The van der Waals surface area contributed by atoms with Crippen molar-refractivity contribution in [1.82, 2.24) is 10.2 Å². The number of nitrogens with two attached hydrogens (primary N) is 1. The monoisotopic (exact) mass is 365 g/mol. The minimum absolute atomic E-state index is 0.202. The fraction of sp³-hybridized carbons (Fsp3) is 0.286. The van der Waals surface area contributed by atoms with E-state index in [2.05, 4.69) is 10.2 Å². The molecule has 3 N–H and O–H groups in total. The number of nitrogens with zero attached hydrogens (tertiary/aromatic N) is 1. The maximum atomic E-state index is 5.90. The molecule has 1 atom stereocenters. The van der Waals surface area contributed by atoms with Crippen LogP contribution in [-0.4, -0.2) is 29.5 Å². The number of para-hydroxylation sites is 2. The second-order valence-electron chi connectivity index (χ2n) is 6.58. The summed E-state index contributed by atoms with van der Waals surface area (Å²) in [6.07, 6.45) is 2.38. The van der Waals surface area contributed by atoms with Gasteiger partial charge in [-0.05, 0) is 43.2 Å². The van der Waals surface area contributed by atoms with Gasteiger partial charge in [0.05, 0.1) is 23.2 Å². The molecule has 0 saturated carbocycles. The fourth-order valence-electron chi connectivity index (χ4n) is 3.06. The maximum Gasteiger partial charge on any atom is 0.142 e. The largest absolute Gasteiger partial charge is 0.491 e. The Morgan fingerprint density at radius 3 is 2.89 bits per heavy atom. The number of benzene rings is 2. The Bertz CT molecular complexity index is 888. The molecule has 1 aliphatic heterocycles. The predicted octanol–water partition coefficient (Wildman–Crippen LogP) is 3.80. The highest BCUT2D eigenvalue weighted by atomic mass is 16.5. The number of aromatic nitrogens is 2. The molecule has 0 spiro atoms. The first-order valence-electron chi connectivity index (χ1n) is 9.14. The number of hydrogen-bond acceptors (Lipinski definition) is 5. The van der Waals surface area contributed by atoms with Gasteiger partial charge in [-0.15, -0.1) is 0 Å². The molecule has 3 aromatic rings. The molecule has 140 valence electrons. The van der Waals surface area contributed by atoms with Crippen molar-refractivity contribution in [2.75, 3.05) is 18.9 Å². The van der Waals surface area contributed by atoms with Crippen molar-refractivity contribution in [2.24, 2.45) is 0 Å². The first-order valence-corrected chi connectivity index (χ1v) is 9.14. The smallest absolute Gasteiger partial charge is 0.142 e. The fourth-order valence-corrected chi connectivity index (χ4v) is 3.06. The van der Waals surface area contributed by atoms with Gasteiger partial charge >= 0.3 is 0 Å². The van der Waals surface area contributed by atoms with Crippen LogP contribution in [0.2, 0.25) is 0 Å². The van der Waals surface area contributed by atoms with Crippen molar-refractivity contribution in [1.29, 1.82) is 0 Å². The summed E-state index contributed by atoms with van der Waals surface area (Å²) in [5.41, 5.74) is 9.22. The number of hydrogen-bond donors (Lipinski definition) is 2. The third-order valence-corrected chi connectivity index (χ3v) is 4.52. The van der Waals surface area contributed by atoms with Gasteiger partial charge in [-0.2, -0.15) is 5.10 Å². The van der Waals surface area contributed by atoms with Crippen LogP contribution in [0, 0.1) is 0 Å². The van der Waals surface area contributed by atoms with Gasteiger partial charge in [-0.1, -0.05) is 24.3 Å². The van der Waals surface area contributed by atoms with E-state index in [9.17, 15) is 0 Å². The average Bonchev–Trinajstić information content (AvgIpc) is 3.38. The van der Waals surface area contributed by atoms with Gasteiger partial charge in [0.25, 0.3) is 0 Å². The number of aromatic amines is 1. The highest BCUT2D eigenvalue weighted by Gasteiger charge is 2.16. The maximum absolute atomic E-state index is 5.90. The standard InChI is InChI=1S/C21H23N3O3/c22-19-8-1-2-9-21(19)27-13-16-12-20(24-23-16)15-5-3-6-17(11-15)26-14-18-7-4-10-25-18/h1-3,5-6,8-9,11-12,18H,4,7,10,13-14,22H2,(H,23,24). The van der Waals surface area contributed by atoms with Crippen LogP contribution in [0.3, 0.4) is 0 Å². The summed E-state index contributed by atoms with van der Waals surface area (Å²) in [6.45, 7) is 1.79. The van der Waals surface area contributed by atoms with Gasteiger partial charge in [0.2, 0.25) is 0 Å². The highest BCUT2D eigenvalue weighted by Crippen LogP contribution is 2.25. The number of rotatable bonds is 7. The second kappa shape index (κ2) is 8.14. The van der Waals surface area contributed by atoms with Crippen molar-refractivity contribution in [3.05, 3.63) is 60.3 Å². The van der Waals surface area contributed by atoms with Crippen LogP contribution in [0.15, 0.2) is 54.6 Å². The predicted molar refractivity (Wildman–Crippen MR) is 104 cm³/mol. The molecule has 1 aromatic heterocycles. The minimum Gasteiger partial charge on any atom is -0.491 e. The van der Waals surface area contributed by atoms with Gasteiger partial charge in [0.1, 0.15) is 24.7 Å². The van der Waals surface area contributed by atoms with E-state index in [1.807, 2.05) is 54.6 Å². The van der Waals surface area contributed by atoms with Crippen LogP contribution in [0.4, 0.5) is 5.69 Å². The van der Waals surface area contributed by atoms with Crippen LogP contribution in [0.5, 0.6) is 11.5 Å². The summed E-state index contributed by atoms with van der Waals surface area (Å²) in [5.74, 6) is 1.49. The lowest BCUT2D eigenvalue weighted by Gasteiger charge is -2.11. The molecule has 0 bridgehead atoms. The van der Waals surface area contributed by atoms with Crippen molar-refractivity contribution in [3.63, 3.8) is 0 Å². The summed E-state index contributed by atoms with van der Waals surface area (Å²) in [4.78, 5) is 0. The molecule has 1 saturated heterocycles. The Morgan fingerprint density at radius 2 is 2.04 bits per heavy atom. The van der Waals surface area contributed by atoms with E-state index < -0.39 is 0 Å². The molecular formula is C21H23N3O3. The molecule has 4 rings (SSSR count). The zero-order valence-electron chi connectivity index (χ0n) is 15.1. The summed E-state index contributed by atoms with van der Waals surface area (Å²) in [7, 11) is 0. The summed E-state index contributed by atoms with van der Waals surface area (Å²) < 4.78 is 17.2. The number of ether oxygens (including phenoxy) is 3. The van der Waals surface area contributed by atoms with Crippen LogP contribution in [0.1, 0.15) is 18.5 Å². The van der Waals surface area contributed by atoms with Crippen LogP contribution in [-0.2, 0) is 11.3 Å². The normalized spacial score (nSPS) is 16.4. The van der Waals surface area contributed by atoms with E-state index in [1.165, 1.54) is 0 Å². The van der Waals surface area contributed by atoms with Crippen LogP contribution in [0.25, 0.3) is 11.3 Å². The average molecular weight is 365 g/mol. The zero-order valence-corrected chi connectivity index (χ0v) is 15.1. The van der Waals surface area contributed by atoms with Gasteiger partial charge in [-0.3, -0.25) is 5.10 Å². The third kappa shape index (κ3) is 4.41. The summed E-state index contributed by atoms with van der Waals surface area (Å²) in [5, 5.41) is 7.40. The Hall–Kier alpha value is -2.99. The Kier molecular flexibility index (Phi) is 5.25. The highest BCUT2D eigenvalue weighted by molar-refractivity contribution is 5.61. The molecule has 1 unspecified atom stereocenters. The topological polar surface area (TPSA) is 82.4 Å². The van der Waals surface area contributed by atoms with Gasteiger partial charge in [0, 0.05) is 12.2 Å². The van der Waals surface area contributed by atoms with Gasteiger partial charge in [0.15, 0.2) is 0 Å². The SMILES string of the molecule is Nc1ccccc1OCc1cc(-c2cccc(OCC3CCCO3)c2)n[nH]1. The molecule has 2 aromatic carbocycles. The van der Waals surface area contributed by atoms with E-state index >= 15 is 0 Å². The molecule has 6 heteroatoms. The quantitative estimate of drug-likeness (QED) is 0.623. The zero-order chi connectivity index (χ0) is 18.5. The van der Waals surface area contributed by atoms with E-state index in [4.69, 9.17) is 19.9 Å². The van der Waals surface area contributed by atoms with E-state index in [0.717, 1.165) is 42.1 Å². The molecule has 27 heavy (non-hydrogen) atoms. The third-order valence-electron chi connectivity index (χ3n) is 4.52. The van der Waals surface area contributed by atoms with E-state index in [1.54, 1.807) is 0 Å². The van der Waals surface area contributed by atoms with Crippen LogP contribution >= 0.6 is 0 Å². The molecule has 6 nitrogen and oxygen atoms in total. The lowest BCUT2D eigenvalue weighted by atomic mass is 10.1. The summed E-state index contributed by atoms with van der Waals surface area (Å²) in [6, 6.07) is 17.3. The van der Waals surface area contributed by atoms with Crippen molar-refractivity contribution in [3.8, 4) is 22.8 Å². The Morgan fingerprint density at radius 1 is 1.11 bits per heavy atom. The van der Waals surface area contributed by atoms with Crippen LogP contribution < -0.4 is 15.2 Å². The molecular weight excluding hydrogens is 342 g/mol. The number of nitrogens with one attached hydrogen (secondary N) is 1. The van der Waals surface area contributed by atoms with E-state index in [0.29, 0.717) is 24.7 Å². The number of nitrogen functional groups attached to an aromatic ring is 1. The van der Waals surface area contributed by atoms with E-state index in [-0.39, 0.29) is 6.10 Å². The molecule has 1 aliphatic rings. The molecule has 1 fully saturated rings. The molecule has 0 aliphatic carbocycles. The second-order valence-corrected chi connectivity index (χ2v) is 6.58. The number of H-pyrrole nitrogens is 1. The van der Waals surface area contributed by atoms with Crippen molar-refractivity contribution in [2.45, 2.75) is 25.6 Å².